The van der Waals surface area contributed by atoms with E-state index in [0.29, 0.717) is 19.1 Å². The first-order valence-electron chi connectivity index (χ1n) is 6.71. The van der Waals surface area contributed by atoms with Crippen molar-refractivity contribution in [3.63, 3.8) is 0 Å². The van der Waals surface area contributed by atoms with E-state index >= 15 is 0 Å². The Bertz CT molecular complexity index is 457. The third kappa shape index (κ3) is 5.38. The maximum absolute atomic E-state index is 10.9. The fraction of sp³-hybridized carbons (Fsp3) is 0.692. The zero-order valence-corrected chi connectivity index (χ0v) is 12.5. The largest absolute Gasteiger partial charge is 0.473 e. The number of nitrogens with one attached hydrogen (secondary N) is 1. The maximum Gasteiger partial charge on any atom is 0.349 e. The number of nitrogens with zero attached hydrogens (tertiary/aromatic N) is 3. The average Bonchev–Trinajstić information content (AvgIpc) is 2.34. The van der Waals surface area contributed by atoms with Crippen molar-refractivity contribution in [1.29, 1.82) is 0 Å². The number of hydrogen-bond acceptors (Lipinski definition) is 6. The molecule has 0 aliphatic rings. The van der Waals surface area contributed by atoms with E-state index in [1.54, 1.807) is 0 Å². The molecule has 0 amide bonds. The van der Waals surface area contributed by atoms with Gasteiger partial charge in [-0.15, -0.1) is 0 Å². The van der Waals surface area contributed by atoms with Gasteiger partial charge < -0.3 is 10.1 Å². The van der Waals surface area contributed by atoms with E-state index in [1.807, 2.05) is 6.92 Å². The number of nitro groups is 1. The molecule has 0 radical (unpaired) electrons. The Morgan fingerprint density at radius 1 is 1.45 bits per heavy atom. The first kappa shape index (κ1) is 16.1. The van der Waals surface area contributed by atoms with Crippen LogP contribution in [0.3, 0.4) is 0 Å². The average molecular weight is 282 g/mol. The van der Waals surface area contributed by atoms with Crippen LogP contribution in [0.4, 0.5) is 11.6 Å². The van der Waals surface area contributed by atoms with Crippen molar-refractivity contribution < 1.29 is 9.66 Å². The van der Waals surface area contributed by atoms with Gasteiger partial charge in [-0.25, -0.2) is 4.98 Å². The quantitative estimate of drug-likeness (QED) is 0.610. The van der Waals surface area contributed by atoms with Crippen LogP contribution in [-0.4, -0.2) is 28.0 Å². The highest BCUT2D eigenvalue weighted by atomic mass is 16.6. The topological polar surface area (TPSA) is 90.2 Å². The Balaban J connectivity index is 2.80. The Hall–Kier alpha value is -1.92. The molecular formula is C13H22N4O3. The van der Waals surface area contributed by atoms with Gasteiger partial charge in [0.1, 0.15) is 6.20 Å². The Morgan fingerprint density at radius 2 is 2.15 bits per heavy atom. The van der Waals surface area contributed by atoms with E-state index in [4.69, 9.17) is 4.74 Å². The summed E-state index contributed by atoms with van der Waals surface area (Å²) in [6.07, 6.45) is 2.88. The first-order valence-corrected chi connectivity index (χ1v) is 6.71. The maximum atomic E-state index is 10.9. The molecule has 0 unspecified atom stereocenters. The molecule has 0 saturated heterocycles. The third-order valence-corrected chi connectivity index (χ3v) is 2.56. The molecule has 0 aromatic carbocycles. The molecule has 1 aromatic rings. The van der Waals surface area contributed by atoms with Gasteiger partial charge in [0.25, 0.3) is 5.88 Å². The second-order valence-electron chi connectivity index (χ2n) is 5.73. The predicted molar refractivity (Wildman–Crippen MR) is 77.0 cm³/mol. The van der Waals surface area contributed by atoms with E-state index in [9.17, 15) is 10.1 Å². The summed E-state index contributed by atoms with van der Waals surface area (Å²) in [4.78, 5) is 18.4. The van der Waals surface area contributed by atoms with Gasteiger partial charge in [-0.1, -0.05) is 27.7 Å². The zero-order valence-electron chi connectivity index (χ0n) is 12.5. The molecule has 1 rings (SSSR count). The number of anilines is 1. The summed E-state index contributed by atoms with van der Waals surface area (Å²) in [7, 11) is 0. The first-order chi connectivity index (χ1) is 9.33. The van der Waals surface area contributed by atoms with Crippen LogP contribution in [0.2, 0.25) is 0 Å². The van der Waals surface area contributed by atoms with Crippen LogP contribution in [0.5, 0.6) is 5.88 Å². The highest BCUT2D eigenvalue weighted by Crippen LogP contribution is 2.26. The molecule has 112 valence electrons. The van der Waals surface area contributed by atoms with Gasteiger partial charge in [-0.3, -0.25) is 10.1 Å². The molecule has 0 atom stereocenters. The molecule has 20 heavy (non-hydrogen) atoms. The van der Waals surface area contributed by atoms with Crippen LogP contribution < -0.4 is 10.1 Å². The van der Waals surface area contributed by atoms with Gasteiger partial charge >= 0.3 is 5.69 Å². The van der Waals surface area contributed by atoms with E-state index in [1.165, 1.54) is 6.20 Å². The third-order valence-electron chi connectivity index (χ3n) is 2.56. The summed E-state index contributed by atoms with van der Waals surface area (Å²) in [6.45, 7) is 9.35. The highest BCUT2D eigenvalue weighted by Gasteiger charge is 2.20. The van der Waals surface area contributed by atoms with Crippen LogP contribution in [0.25, 0.3) is 0 Å². The minimum Gasteiger partial charge on any atom is -0.473 e. The van der Waals surface area contributed by atoms with Crippen LogP contribution in [-0.2, 0) is 0 Å². The molecule has 1 heterocycles. The molecule has 0 spiro atoms. The van der Waals surface area contributed by atoms with Gasteiger partial charge in [0, 0.05) is 6.54 Å². The van der Waals surface area contributed by atoms with Crippen molar-refractivity contribution in [2.75, 3.05) is 18.5 Å². The molecular weight excluding hydrogens is 260 g/mol. The summed E-state index contributed by atoms with van der Waals surface area (Å²) < 4.78 is 5.46. The van der Waals surface area contributed by atoms with Crippen LogP contribution in [0.15, 0.2) is 6.20 Å². The van der Waals surface area contributed by atoms with E-state index in [0.717, 1.165) is 12.8 Å². The highest BCUT2D eigenvalue weighted by molar-refractivity contribution is 5.43. The van der Waals surface area contributed by atoms with Gasteiger partial charge in [0.15, 0.2) is 0 Å². The van der Waals surface area contributed by atoms with Crippen molar-refractivity contribution in [1.82, 2.24) is 9.97 Å². The molecule has 0 bridgehead atoms. The molecule has 0 saturated carbocycles. The second kappa shape index (κ2) is 7.02. The normalized spacial score (nSPS) is 11.2. The lowest BCUT2D eigenvalue weighted by Crippen LogP contribution is -2.13. The van der Waals surface area contributed by atoms with Crippen LogP contribution in [0, 0.1) is 15.5 Å². The van der Waals surface area contributed by atoms with Gasteiger partial charge in [0.05, 0.1) is 11.5 Å². The molecule has 1 N–H and O–H groups in total. The number of rotatable bonds is 7. The van der Waals surface area contributed by atoms with Crippen molar-refractivity contribution >= 4 is 11.6 Å². The molecule has 7 nitrogen and oxygen atoms in total. The summed E-state index contributed by atoms with van der Waals surface area (Å²) >= 11 is 0. The van der Waals surface area contributed by atoms with E-state index < -0.39 is 4.92 Å². The second-order valence-corrected chi connectivity index (χ2v) is 5.73. The van der Waals surface area contributed by atoms with E-state index in [-0.39, 0.29) is 17.0 Å². The van der Waals surface area contributed by atoms with Crippen molar-refractivity contribution in [2.24, 2.45) is 5.41 Å². The number of hydrogen-bond donors (Lipinski definition) is 1. The fourth-order valence-electron chi connectivity index (χ4n) is 1.37. The van der Waals surface area contributed by atoms with Crippen molar-refractivity contribution in [2.45, 2.75) is 40.5 Å². The monoisotopic (exact) mass is 282 g/mol. The SMILES string of the molecule is CCCNc1ncc([N+](=O)[O-])c(OCCC(C)(C)C)n1. The molecule has 0 aliphatic carbocycles. The Morgan fingerprint density at radius 3 is 2.70 bits per heavy atom. The van der Waals surface area contributed by atoms with Crippen molar-refractivity contribution in [3.8, 4) is 5.88 Å². The van der Waals surface area contributed by atoms with Gasteiger partial charge in [-0.2, -0.15) is 4.98 Å². The molecule has 7 heteroatoms. The molecule has 1 aromatic heterocycles. The lowest BCUT2D eigenvalue weighted by atomic mass is 9.93. The summed E-state index contributed by atoms with van der Waals surface area (Å²) in [6, 6.07) is 0. The Labute approximate surface area is 118 Å². The lowest BCUT2D eigenvalue weighted by molar-refractivity contribution is -0.386. The molecule has 0 aliphatic heterocycles. The van der Waals surface area contributed by atoms with Crippen molar-refractivity contribution in [3.05, 3.63) is 16.3 Å². The fourth-order valence-corrected chi connectivity index (χ4v) is 1.37. The zero-order chi connectivity index (χ0) is 15.2. The standard InChI is InChI=1S/C13H22N4O3/c1-5-7-14-12-15-9-10(17(18)19)11(16-12)20-8-6-13(2,3)4/h9H,5-8H2,1-4H3,(H,14,15,16). The number of ether oxygens (including phenoxy) is 1. The predicted octanol–water partition coefficient (Wildman–Crippen LogP) is 3.02. The molecule has 0 fully saturated rings. The summed E-state index contributed by atoms with van der Waals surface area (Å²) in [5, 5.41) is 13.9. The van der Waals surface area contributed by atoms with E-state index in [2.05, 4.69) is 36.1 Å². The minimum absolute atomic E-state index is 0.0212. The van der Waals surface area contributed by atoms with Gasteiger partial charge in [-0.05, 0) is 18.3 Å². The lowest BCUT2D eigenvalue weighted by Gasteiger charge is -2.17. The minimum atomic E-state index is -0.532. The smallest absolute Gasteiger partial charge is 0.349 e. The Kier molecular flexibility index (Phi) is 5.66. The summed E-state index contributed by atoms with van der Waals surface area (Å²) in [5.74, 6) is 0.371. The van der Waals surface area contributed by atoms with Crippen LogP contribution >= 0.6 is 0 Å². The summed E-state index contributed by atoms with van der Waals surface area (Å²) in [5.41, 5.74) is -0.105. The number of aromatic nitrogens is 2. The van der Waals surface area contributed by atoms with Crippen LogP contribution in [0.1, 0.15) is 40.5 Å². The van der Waals surface area contributed by atoms with Gasteiger partial charge in [0.2, 0.25) is 5.95 Å².